The number of hydrogen-bond donors (Lipinski definition) is 1. The van der Waals surface area contributed by atoms with Gasteiger partial charge >= 0.3 is 0 Å². The molecule has 0 saturated heterocycles. The molecule has 4 aromatic carbocycles. The Morgan fingerprint density at radius 1 is 0.846 bits per heavy atom. The number of hydrogen-bond acceptors (Lipinski definition) is 4. The van der Waals surface area contributed by atoms with Crippen LogP contribution in [0.4, 0.5) is 5.69 Å². The van der Waals surface area contributed by atoms with E-state index in [0.717, 1.165) is 22.4 Å². The number of carbonyl (C=O) groups is 1. The Bertz CT molecular complexity index is 1650. The fraction of sp³-hybridized carbons (Fsp3) is 0.0968. The van der Waals surface area contributed by atoms with Gasteiger partial charge in [-0.05, 0) is 54.4 Å². The van der Waals surface area contributed by atoms with Crippen molar-refractivity contribution in [2.24, 2.45) is 0 Å². The first-order valence-corrected chi connectivity index (χ1v) is 13.9. The van der Waals surface area contributed by atoms with E-state index >= 15 is 0 Å². The average Bonchev–Trinajstić information content (AvgIpc) is 3.51. The molecule has 0 aliphatic heterocycles. The number of carbonyl (C=O) groups excluding carboxylic acids is 1. The van der Waals surface area contributed by atoms with Gasteiger partial charge in [0, 0.05) is 24.6 Å². The normalized spacial score (nSPS) is 11.2. The number of imidazole rings is 1. The van der Waals surface area contributed by atoms with Gasteiger partial charge in [-0.25, -0.2) is 13.4 Å². The molecule has 1 amide bonds. The van der Waals surface area contributed by atoms with Crippen LogP contribution in [-0.4, -0.2) is 23.9 Å². The number of sulfonamides is 1. The molecule has 8 heteroatoms. The summed E-state index contributed by atoms with van der Waals surface area (Å²) in [7, 11) is -3.97. The third kappa shape index (κ3) is 5.91. The highest BCUT2D eigenvalue weighted by Gasteiger charge is 2.28. The molecular formula is C31H28N4O3S. The first kappa shape index (κ1) is 25.9. The van der Waals surface area contributed by atoms with Gasteiger partial charge in [0.2, 0.25) is 0 Å². The van der Waals surface area contributed by atoms with Crippen molar-refractivity contribution in [1.82, 2.24) is 14.9 Å². The number of rotatable bonds is 9. The summed E-state index contributed by atoms with van der Waals surface area (Å²) < 4.78 is 31.0. The van der Waals surface area contributed by atoms with Gasteiger partial charge in [-0.15, -0.1) is 0 Å². The maximum absolute atomic E-state index is 13.9. The second-order valence-corrected chi connectivity index (χ2v) is 11.0. The molecule has 1 aromatic heterocycles. The Morgan fingerprint density at radius 2 is 1.54 bits per heavy atom. The van der Waals surface area contributed by atoms with Crippen LogP contribution in [0.1, 0.15) is 27.0 Å². The van der Waals surface area contributed by atoms with Gasteiger partial charge in [0.15, 0.2) is 0 Å². The lowest BCUT2D eigenvalue weighted by atomic mass is 10.1. The van der Waals surface area contributed by atoms with Crippen molar-refractivity contribution in [3.05, 3.63) is 144 Å². The van der Waals surface area contributed by atoms with Crippen LogP contribution in [0, 0.1) is 6.92 Å². The van der Waals surface area contributed by atoms with Crippen LogP contribution in [0.5, 0.6) is 0 Å². The minimum atomic E-state index is -3.97. The predicted octanol–water partition coefficient (Wildman–Crippen LogP) is 5.51. The lowest BCUT2D eigenvalue weighted by Crippen LogP contribution is -2.33. The molecule has 0 saturated carbocycles. The Kier molecular flexibility index (Phi) is 7.56. The molecule has 0 radical (unpaired) electrons. The summed E-state index contributed by atoms with van der Waals surface area (Å²) >= 11 is 0. The van der Waals surface area contributed by atoms with Gasteiger partial charge in [0.1, 0.15) is 0 Å². The number of aryl methyl sites for hydroxylation is 1. The van der Waals surface area contributed by atoms with Crippen LogP contribution in [0.15, 0.2) is 127 Å². The van der Waals surface area contributed by atoms with Crippen molar-refractivity contribution in [1.29, 1.82) is 0 Å². The zero-order valence-corrected chi connectivity index (χ0v) is 22.3. The molecule has 5 aromatic rings. The SMILES string of the molecule is Cc1ccc(S(=O)(=O)N(Cc2ccccc2)c2ccccc2C(=O)NCc2ccc(-n3ccnc3)cc2)cc1. The topological polar surface area (TPSA) is 84.3 Å². The second-order valence-electron chi connectivity index (χ2n) is 9.15. The lowest BCUT2D eigenvalue weighted by molar-refractivity contribution is 0.0951. The number of aromatic nitrogens is 2. The minimum Gasteiger partial charge on any atom is -0.348 e. The summed E-state index contributed by atoms with van der Waals surface area (Å²) in [5, 5.41) is 2.95. The average molecular weight is 537 g/mol. The van der Waals surface area contributed by atoms with Gasteiger partial charge in [0.05, 0.1) is 29.0 Å². The summed E-state index contributed by atoms with van der Waals surface area (Å²) in [5.41, 5.74) is 4.24. The van der Waals surface area contributed by atoms with Gasteiger partial charge < -0.3 is 9.88 Å². The van der Waals surface area contributed by atoms with E-state index in [9.17, 15) is 13.2 Å². The molecule has 0 aliphatic carbocycles. The van der Waals surface area contributed by atoms with E-state index in [1.165, 1.54) is 4.31 Å². The van der Waals surface area contributed by atoms with Gasteiger partial charge in [-0.3, -0.25) is 9.10 Å². The summed E-state index contributed by atoms with van der Waals surface area (Å²) in [5.74, 6) is -0.360. The largest absolute Gasteiger partial charge is 0.348 e. The highest BCUT2D eigenvalue weighted by atomic mass is 32.2. The summed E-state index contributed by atoms with van der Waals surface area (Å²) in [6.45, 7) is 2.28. The molecule has 0 atom stereocenters. The van der Waals surface area contributed by atoms with E-state index in [0.29, 0.717) is 12.2 Å². The van der Waals surface area contributed by atoms with Gasteiger partial charge in [-0.2, -0.15) is 0 Å². The molecular weight excluding hydrogens is 508 g/mol. The van der Waals surface area contributed by atoms with E-state index in [-0.39, 0.29) is 22.9 Å². The van der Waals surface area contributed by atoms with E-state index in [2.05, 4.69) is 10.3 Å². The molecule has 0 aliphatic rings. The van der Waals surface area contributed by atoms with E-state index in [1.54, 1.807) is 61.1 Å². The van der Waals surface area contributed by atoms with Gasteiger partial charge in [-0.1, -0.05) is 72.3 Å². The van der Waals surface area contributed by atoms with Crippen LogP contribution in [0.3, 0.4) is 0 Å². The number of anilines is 1. The van der Waals surface area contributed by atoms with Crippen LogP contribution in [0.25, 0.3) is 5.69 Å². The van der Waals surface area contributed by atoms with Crippen molar-refractivity contribution in [2.45, 2.75) is 24.9 Å². The molecule has 7 nitrogen and oxygen atoms in total. The second kappa shape index (κ2) is 11.4. The van der Waals surface area contributed by atoms with Crippen molar-refractivity contribution < 1.29 is 13.2 Å². The molecule has 1 heterocycles. The van der Waals surface area contributed by atoms with Crippen molar-refractivity contribution in [2.75, 3.05) is 4.31 Å². The third-order valence-corrected chi connectivity index (χ3v) is 8.16. The van der Waals surface area contributed by atoms with Crippen molar-refractivity contribution in [3.63, 3.8) is 0 Å². The first-order valence-electron chi connectivity index (χ1n) is 12.5. The Labute approximate surface area is 228 Å². The number of benzene rings is 4. The standard InChI is InChI=1S/C31H28N4O3S/c1-24-11-17-28(18-12-24)39(37,38)35(22-26-7-3-2-4-8-26)30-10-6-5-9-29(30)31(36)33-21-25-13-15-27(16-14-25)34-20-19-32-23-34/h2-20,23H,21-22H2,1H3,(H,33,36). The van der Waals surface area contributed by atoms with E-state index < -0.39 is 10.0 Å². The minimum absolute atomic E-state index is 0.0804. The molecule has 0 spiro atoms. The van der Waals surface area contributed by atoms with Gasteiger partial charge in [0.25, 0.3) is 15.9 Å². The number of nitrogens with one attached hydrogen (secondary N) is 1. The van der Waals surface area contributed by atoms with E-state index in [1.807, 2.05) is 72.3 Å². The lowest BCUT2D eigenvalue weighted by Gasteiger charge is -2.26. The molecule has 0 unspecified atom stereocenters. The van der Waals surface area contributed by atoms with Crippen LogP contribution < -0.4 is 9.62 Å². The maximum Gasteiger partial charge on any atom is 0.264 e. The molecule has 196 valence electrons. The zero-order valence-electron chi connectivity index (χ0n) is 21.4. The van der Waals surface area contributed by atoms with E-state index in [4.69, 9.17) is 0 Å². The third-order valence-electron chi connectivity index (χ3n) is 6.39. The highest BCUT2D eigenvalue weighted by molar-refractivity contribution is 7.92. The Balaban J connectivity index is 1.43. The number of nitrogens with zero attached hydrogens (tertiary/aromatic N) is 3. The highest BCUT2D eigenvalue weighted by Crippen LogP contribution is 2.29. The van der Waals surface area contributed by atoms with Crippen molar-refractivity contribution in [3.8, 4) is 5.69 Å². The van der Waals surface area contributed by atoms with Crippen LogP contribution in [0.2, 0.25) is 0 Å². The summed E-state index contributed by atoms with van der Waals surface area (Å²) in [6.07, 6.45) is 5.30. The fourth-order valence-corrected chi connectivity index (χ4v) is 5.72. The van der Waals surface area contributed by atoms with Crippen molar-refractivity contribution >= 4 is 21.6 Å². The molecule has 0 fully saturated rings. The molecule has 0 bridgehead atoms. The Morgan fingerprint density at radius 3 is 2.23 bits per heavy atom. The van der Waals surface area contributed by atoms with Crippen LogP contribution >= 0.6 is 0 Å². The fourth-order valence-electron chi connectivity index (χ4n) is 4.24. The maximum atomic E-state index is 13.9. The summed E-state index contributed by atoms with van der Waals surface area (Å²) in [4.78, 5) is 17.6. The molecule has 1 N–H and O–H groups in total. The summed E-state index contributed by atoms with van der Waals surface area (Å²) in [6, 6.07) is 30.6. The molecule has 5 rings (SSSR count). The van der Waals surface area contributed by atoms with Crippen LogP contribution in [-0.2, 0) is 23.1 Å². The monoisotopic (exact) mass is 536 g/mol. The predicted molar refractivity (Wildman–Crippen MR) is 152 cm³/mol. The zero-order chi connectivity index (χ0) is 27.2. The first-order chi connectivity index (χ1) is 18.9. The number of amides is 1. The molecule has 39 heavy (non-hydrogen) atoms. The Hall–Kier alpha value is -4.69. The quantitative estimate of drug-likeness (QED) is 0.269. The smallest absolute Gasteiger partial charge is 0.264 e. The number of para-hydroxylation sites is 1.